The molecule has 0 spiro atoms. The van der Waals surface area contributed by atoms with Gasteiger partial charge in [-0.3, -0.25) is 0 Å². The van der Waals surface area contributed by atoms with Crippen LogP contribution in [0.3, 0.4) is 0 Å². The number of rotatable bonds is 2. The Kier molecular flexibility index (Phi) is 2.41. The zero-order valence-electron chi connectivity index (χ0n) is 10.4. The van der Waals surface area contributed by atoms with Crippen LogP contribution in [0.1, 0.15) is 23.8 Å². The van der Waals surface area contributed by atoms with Crippen LogP contribution in [-0.2, 0) is 0 Å². The highest BCUT2D eigenvalue weighted by Crippen LogP contribution is 2.45. The van der Waals surface area contributed by atoms with Gasteiger partial charge in [0.2, 0.25) is 0 Å². The van der Waals surface area contributed by atoms with Crippen molar-refractivity contribution < 1.29 is 9.47 Å². The molecule has 0 unspecified atom stereocenters. The minimum Gasteiger partial charge on any atom is -0.486 e. The summed E-state index contributed by atoms with van der Waals surface area (Å²) in [6.07, 6.45) is 2.49. The molecule has 4 nitrogen and oxygen atoms in total. The van der Waals surface area contributed by atoms with E-state index in [1.807, 2.05) is 18.2 Å². The minimum absolute atomic E-state index is 0.594. The fourth-order valence-electron chi connectivity index (χ4n) is 2.25. The van der Waals surface area contributed by atoms with Crippen LogP contribution in [0, 0.1) is 0 Å². The lowest BCUT2D eigenvalue weighted by Gasteiger charge is -2.18. The highest BCUT2D eigenvalue weighted by Gasteiger charge is 2.28. The predicted octanol–water partition coefficient (Wildman–Crippen LogP) is 3.04. The molecular formula is C14H14N2O2S. The maximum absolute atomic E-state index is 6.10. The first kappa shape index (κ1) is 11.1. The van der Waals surface area contributed by atoms with E-state index in [0.717, 1.165) is 27.8 Å². The molecule has 1 aromatic carbocycles. The zero-order chi connectivity index (χ0) is 12.8. The van der Waals surface area contributed by atoms with Crippen molar-refractivity contribution in [2.24, 2.45) is 0 Å². The van der Waals surface area contributed by atoms with E-state index < -0.39 is 0 Å². The standard InChI is InChI=1S/C14H14N2O2S/c15-13-12(16-14(19-13)8-1-2-8)9-3-4-10-11(7-9)18-6-5-17-10/h3-4,7-8H,1-2,5-6,15H2. The van der Waals surface area contributed by atoms with Gasteiger partial charge in [0.25, 0.3) is 0 Å². The number of aromatic nitrogens is 1. The molecule has 0 bridgehead atoms. The molecule has 1 aliphatic carbocycles. The number of fused-ring (bicyclic) bond motifs is 1. The number of anilines is 1. The van der Waals surface area contributed by atoms with Gasteiger partial charge in [0.1, 0.15) is 23.9 Å². The van der Waals surface area contributed by atoms with E-state index in [-0.39, 0.29) is 0 Å². The highest BCUT2D eigenvalue weighted by molar-refractivity contribution is 7.16. The summed E-state index contributed by atoms with van der Waals surface area (Å²) in [7, 11) is 0. The van der Waals surface area contributed by atoms with Crippen LogP contribution in [-0.4, -0.2) is 18.2 Å². The smallest absolute Gasteiger partial charge is 0.162 e. The topological polar surface area (TPSA) is 57.4 Å². The third kappa shape index (κ3) is 1.94. The summed E-state index contributed by atoms with van der Waals surface area (Å²) in [4.78, 5) is 4.69. The molecule has 98 valence electrons. The Bertz CT molecular complexity index is 634. The molecule has 1 saturated carbocycles. The van der Waals surface area contributed by atoms with E-state index in [0.29, 0.717) is 19.1 Å². The average molecular weight is 274 g/mol. The summed E-state index contributed by atoms with van der Waals surface area (Å²) < 4.78 is 11.1. The van der Waals surface area contributed by atoms with Crippen molar-refractivity contribution in [3.63, 3.8) is 0 Å². The normalized spacial score (nSPS) is 17.5. The second kappa shape index (κ2) is 4.13. The Morgan fingerprint density at radius 1 is 1.16 bits per heavy atom. The lowest BCUT2D eigenvalue weighted by molar-refractivity contribution is 0.171. The van der Waals surface area contributed by atoms with Gasteiger partial charge in [-0.2, -0.15) is 0 Å². The fourth-order valence-corrected chi connectivity index (χ4v) is 3.28. The summed E-state index contributed by atoms with van der Waals surface area (Å²) >= 11 is 1.61. The molecule has 1 aliphatic heterocycles. The number of hydrogen-bond acceptors (Lipinski definition) is 5. The van der Waals surface area contributed by atoms with Gasteiger partial charge in [0, 0.05) is 11.5 Å². The first-order valence-electron chi connectivity index (χ1n) is 6.47. The summed E-state index contributed by atoms with van der Waals surface area (Å²) in [6, 6.07) is 5.89. The van der Waals surface area contributed by atoms with E-state index >= 15 is 0 Å². The molecule has 0 amide bonds. The van der Waals surface area contributed by atoms with Crippen LogP contribution >= 0.6 is 11.3 Å². The van der Waals surface area contributed by atoms with Crippen molar-refractivity contribution in [1.82, 2.24) is 4.98 Å². The van der Waals surface area contributed by atoms with Crippen LogP contribution in [0.5, 0.6) is 11.5 Å². The third-order valence-corrected chi connectivity index (χ3v) is 4.46. The maximum atomic E-state index is 6.10. The molecular weight excluding hydrogens is 260 g/mol. The molecule has 0 atom stereocenters. The number of hydrogen-bond donors (Lipinski definition) is 1. The second-order valence-corrected chi connectivity index (χ2v) is 5.96. The van der Waals surface area contributed by atoms with Crippen LogP contribution in [0.15, 0.2) is 18.2 Å². The average Bonchev–Trinajstić information content (AvgIpc) is 3.22. The molecule has 0 saturated heterocycles. The van der Waals surface area contributed by atoms with Gasteiger partial charge >= 0.3 is 0 Å². The summed E-state index contributed by atoms with van der Waals surface area (Å²) in [6.45, 7) is 1.20. The highest BCUT2D eigenvalue weighted by atomic mass is 32.1. The van der Waals surface area contributed by atoms with E-state index in [4.69, 9.17) is 15.2 Å². The van der Waals surface area contributed by atoms with Crippen molar-refractivity contribution in [2.45, 2.75) is 18.8 Å². The fraction of sp³-hybridized carbons (Fsp3) is 0.357. The molecule has 4 rings (SSSR count). The van der Waals surface area contributed by atoms with Crippen molar-refractivity contribution in [3.05, 3.63) is 23.2 Å². The van der Waals surface area contributed by atoms with E-state index in [1.165, 1.54) is 17.8 Å². The minimum atomic E-state index is 0.594. The van der Waals surface area contributed by atoms with Crippen molar-refractivity contribution in [3.8, 4) is 22.8 Å². The molecule has 1 aromatic heterocycles. The Balaban J connectivity index is 1.75. The van der Waals surface area contributed by atoms with Gasteiger partial charge in [-0.1, -0.05) is 0 Å². The van der Waals surface area contributed by atoms with Crippen molar-refractivity contribution in [1.29, 1.82) is 0 Å². The maximum Gasteiger partial charge on any atom is 0.162 e. The van der Waals surface area contributed by atoms with Gasteiger partial charge in [-0.25, -0.2) is 4.98 Å². The first-order chi connectivity index (χ1) is 9.31. The molecule has 19 heavy (non-hydrogen) atoms. The quantitative estimate of drug-likeness (QED) is 0.914. The van der Waals surface area contributed by atoms with Gasteiger partial charge in [-0.15, -0.1) is 11.3 Å². The molecule has 2 aromatic rings. The monoisotopic (exact) mass is 274 g/mol. The molecule has 5 heteroatoms. The molecule has 2 aliphatic rings. The number of thiazole rings is 1. The Morgan fingerprint density at radius 3 is 2.74 bits per heavy atom. The molecule has 1 fully saturated rings. The van der Waals surface area contributed by atoms with E-state index in [1.54, 1.807) is 11.3 Å². The Hall–Kier alpha value is -1.75. The van der Waals surface area contributed by atoms with Gasteiger partial charge in [0.15, 0.2) is 11.5 Å². The van der Waals surface area contributed by atoms with Gasteiger partial charge < -0.3 is 15.2 Å². The SMILES string of the molecule is Nc1sc(C2CC2)nc1-c1ccc2c(c1)OCCO2. The summed E-state index contributed by atoms with van der Waals surface area (Å²) in [5, 5.41) is 1.96. The third-order valence-electron chi connectivity index (χ3n) is 3.41. The van der Waals surface area contributed by atoms with Crippen LogP contribution < -0.4 is 15.2 Å². The summed E-state index contributed by atoms with van der Waals surface area (Å²) in [5.74, 6) is 2.22. The van der Waals surface area contributed by atoms with E-state index in [9.17, 15) is 0 Å². The Morgan fingerprint density at radius 2 is 1.95 bits per heavy atom. The van der Waals surface area contributed by atoms with Crippen LogP contribution in [0.4, 0.5) is 5.00 Å². The van der Waals surface area contributed by atoms with E-state index in [2.05, 4.69) is 4.98 Å². The molecule has 2 heterocycles. The van der Waals surface area contributed by atoms with Crippen molar-refractivity contribution >= 4 is 16.3 Å². The van der Waals surface area contributed by atoms with Crippen LogP contribution in [0.25, 0.3) is 11.3 Å². The Labute approximate surface area is 115 Å². The lowest BCUT2D eigenvalue weighted by Crippen LogP contribution is -2.15. The van der Waals surface area contributed by atoms with Crippen molar-refractivity contribution in [2.75, 3.05) is 18.9 Å². The van der Waals surface area contributed by atoms with Gasteiger partial charge in [0.05, 0.1) is 5.01 Å². The second-order valence-electron chi connectivity index (χ2n) is 4.90. The van der Waals surface area contributed by atoms with Gasteiger partial charge in [-0.05, 0) is 31.0 Å². The first-order valence-corrected chi connectivity index (χ1v) is 7.29. The lowest BCUT2D eigenvalue weighted by atomic mass is 10.1. The van der Waals surface area contributed by atoms with Crippen LogP contribution in [0.2, 0.25) is 0 Å². The number of benzene rings is 1. The number of nitrogens with zero attached hydrogens (tertiary/aromatic N) is 1. The predicted molar refractivity (Wildman–Crippen MR) is 74.9 cm³/mol. The largest absolute Gasteiger partial charge is 0.486 e. The number of ether oxygens (including phenoxy) is 2. The number of nitrogens with two attached hydrogens (primary N) is 1. The summed E-state index contributed by atoms with van der Waals surface area (Å²) in [5.41, 5.74) is 7.98. The molecule has 0 radical (unpaired) electrons. The number of nitrogen functional groups attached to an aromatic ring is 1. The molecule has 2 N–H and O–H groups in total. The zero-order valence-corrected chi connectivity index (χ0v) is 11.2.